The average molecular weight is 299 g/mol. The van der Waals surface area contributed by atoms with Crippen molar-refractivity contribution in [2.75, 3.05) is 11.4 Å². The van der Waals surface area contributed by atoms with Gasteiger partial charge in [-0.25, -0.2) is 0 Å². The second-order valence-electron chi connectivity index (χ2n) is 5.54. The number of fused-ring (bicyclic) bond motifs is 1. The van der Waals surface area contributed by atoms with E-state index in [9.17, 15) is 14.7 Å². The summed E-state index contributed by atoms with van der Waals surface area (Å²) in [7, 11) is 0. The lowest BCUT2D eigenvalue weighted by atomic mass is 10.0. The molecule has 3 rings (SSSR count). The molecule has 1 aromatic carbocycles. The van der Waals surface area contributed by atoms with Crippen molar-refractivity contribution in [1.29, 1.82) is 0 Å². The van der Waals surface area contributed by atoms with Crippen molar-refractivity contribution >= 4 is 17.6 Å². The van der Waals surface area contributed by atoms with Gasteiger partial charge in [0.2, 0.25) is 5.91 Å². The first-order valence-electron chi connectivity index (χ1n) is 7.10. The molecular formula is C16H17N3O3. The molecule has 1 unspecified atom stereocenters. The molecule has 0 radical (unpaired) electrons. The summed E-state index contributed by atoms with van der Waals surface area (Å²) in [5, 5.41) is 13.6. The molecule has 0 saturated carbocycles. The second kappa shape index (κ2) is 5.29. The van der Waals surface area contributed by atoms with Crippen LogP contribution in [0.2, 0.25) is 0 Å². The van der Waals surface area contributed by atoms with Gasteiger partial charge in [-0.15, -0.1) is 0 Å². The molecule has 1 aromatic heterocycles. The zero-order valence-corrected chi connectivity index (χ0v) is 12.5. The van der Waals surface area contributed by atoms with Crippen LogP contribution in [0, 0.1) is 13.8 Å². The SMILES string of the molecule is Cc1cc(C)n(CC(=O)N2CC(C(=O)O)c3ccccc32)n1. The van der Waals surface area contributed by atoms with Crippen molar-refractivity contribution < 1.29 is 14.7 Å². The number of nitrogens with zero attached hydrogens (tertiary/aromatic N) is 3. The number of anilines is 1. The lowest BCUT2D eigenvalue weighted by molar-refractivity contribution is -0.138. The number of aryl methyl sites for hydroxylation is 2. The molecule has 22 heavy (non-hydrogen) atoms. The normalized spacial score (nSPS) is 16.6. The molecule has 2 heterocycles. The van der Waals surface area contributed by atoms with Gasteiger partial charge in [-0.1, -0.05) is 18.2 Å². The Morgan fingerprint density at radius 3 is 2.68 bits per heavy atom. The number of aromatic nitrogens is 2. The van der Waals surface area contributed by atoms with E-state index in [0.29, 0.717) is 11.3 Å². The summed E-state index contributed by atoms with van der Waals surface area (Å²) >= 11 is 0. The van der Waals surface area contributed by atoms with Crippen molar-refractivity contribution in [3.8, 4) is 0 Å². The van der Waals surface area contributed by atoms with E-state index < -0.39 is 11.9 Å². The Bertz CT molecular complexity index is 751. The number of carboxylic acid groups (broad SMARTS) is 1. The quantitative estimate of drug-likeness (QED) is 0.936. The van der Waals surface area contributed by atoms with E-state index >= 15 is 0 Å². The predicted molar refractivity (Wildman–Crippen MR) is 80.9 cm³/mol. The zero-order chi connectivity index (χ0) is 15.9. The number of carboxylic acids is 1. The van der Waals surface area contributed by atoms with Gasteiger partial charge in [0, 0.05) is 17.9 Å². The molecule has 1 aliphatic heterocycles. The molecule has 6 heteroatoms. The van der Waals surface area contributed by atoms with Crippen molar-refractivity contribution in [2.45, 2.75) is 26.3 Å². The highest BCUT2D eigenvalue weighted by atomic mass is 16.4. The Kier molecular flexibility index (Phi) is 3.44. The van der Waals surface area contributed by atoms with Crippen LogP contribution in [0.3, 0.4) is 0 Å². The van der Waals surface area contributed by atoms with Gasteiger partial charge >= 0.3 is 5.97 Å². The van der Waals surface area contributed by atoms with E-state index in [1.54, 1.807) is 27.8 Å². The third-order valence-corrected chi connectivity index (χ3v) is 3.96. The summed E-state index contributed by atoms with van der Waals surface area (Å²) in [6.07, 6.45) is 0. The van der Waals surface area contributed by atoms with Gasteiger partial charge in [-0.3, -0.25) is 14.3 Å². The molecular weight excluding hydrogens is 282 g/mol. The maximum absolute atomic E-state index is 12.6. The van der Waals surface area contributed by atoms with Crippen LogP contribution in [0.25, 0.3) is 0 Å². The van der Waals surface area contributed by atoms with Crippen LogP contribution in [0.15, 0.2) is 30.3 Å². The first-order valence-corrected chi connectivity index (χ1v) is 7.10. The van der Waals surface area contributed by atoms with Crippen LogP contribution in [0.4, 0.5) is 5.69 Å². The minimum absolute atomic E-state index is 0.111. The van der Waals surface area contributed by atoms with Crippen molar-refractivity contribution in [2.24, 2.45) is 0 Å². The van der Waals surface area contributed by atoms with Crippen molar-refractivity contribution in [3.63, 3.8) is 0 Å². The number of hydrogen-bond acceptors (Lipinski definition) is 3. The van der Waals surface area contributed by atoms with E-state index in [1.165, 1.54) is 0 Å². The smallest absolute Gasteiger partial charge is 0.312 e. The monoisotopic (exact) mass is 299 g/mol. The number of rotatable bonds is 3. The van der Waals surface area contributed by atoms with Crippen LogP contribution < -0.4 is 4.90 Å². The van der Waals surface area contributed by atoms with Crippen LogP contribution in [-0.2, 0) is 16.1 Å². The van der Waals surface area contributed by atoms with E-state index in [4.69, 9.17) is 0 Å². The fourth-order valence-corrected chi connectivity index (χ4v) is 2.90. The number of benzene rings is 1. The Morgan fingerprint density at radius 1 is 1.32 bits per heavy atom. The third kappa shape index (κ3) is 2.36. The Balaban J connectivity index is 1.88. The van der Waals surface area contributed by atoms with Gasteiger partial charge in [-0.2, -0.15) is 5.10 Å². The molecule has 1 amide bonds. The number of carbonyl (C=O) groups is 2. The Morgan fingerprint density at radius 2 is 2.05 bits per heavy atom. The summed E-state index contributed by atoms with van der Waals surface area (Å²) in [6.45, 7) is 4.05. The molecule has 0 fully saturated rings. The standard InChI is InChI=1S/C16H17N3O3/c1-10-7-11(2)19(17-10)9-15(20)18-8-13(16(21)22)12-5-3-4-6-14(12)18/h3-7,13H,8-9H2,1-2H3,(H,21,22). The Hall–Kier alpha value is -2.63. The molecule has 1 aliphatic rings. The van der Waals surface area contributed by atoms with Crippen LogP contribution in [0.1, 0.15) is 22.9 Å². The highest BCUT2D eigenvalue weighted by molar-refractivity contribution is 5.98. The number of aliphatic carboxylic acids is 1. The first-order chi connectivity index (χ1) is 10.5. The second-order valence-corrected chi connectivity index (χ2v) is 5.54. The van der Waals surface area contributed by atoms with Gasteiger partial charge in [0.05, 0.1) is 5.69 Å². The highest BCUT2D eigenvalue weighted by Gasteiger charge is 2.36. The summed E-state index contributed by atoms with van der Waals surface area (Å²) in [6, 6.07) is 9.07. The number of para-hydroxylation sites is 1. The number of hydrogen-bond donors (Lipinski definition) is 1. The lowest BCUT2D eigenvalue weighted by Gasteiger charge is -2.18. The molecule has 1 atom stereocenters. The van der Waals surface area contributed by atoms with Crippen molar-refractivity contribution in [1.82, 2.24) is 9.78 Å². The summed E-state index contributed by atoms with van der Waals surface area (Å²) in [5.41, 5.74) is 3.14. The highest BCUT2D eigenvalue weighted by Crippen LogP contribution is 2.36. The maximum Gasteiger partial charge on any atom is 0.312 e. The zero-order valence-electron chi connectivity index (χ0n) is 12.5. The molecule has 114 valence electrons. The minimum Gasteiger partial charge on any atom is -0.481 e. The largest absolute Gasteiger partial charge is 0.481 e. The summed E-state index contributed by atoms with van der Waals surface area (Å²) in [5.74, 6) is -1.73. The van der Waals surface area contributed by atoms with E-state index in [0.717, 1.165) is 11.4 Å². The van der Waals surface area contributed by atoms with E-state index in [1.807, 2.05) is 26.0 Å². The topological polar surface area (TPSA) is 75.4 Å². The maximum atomic E-state index is 12.6. The molecule has 6 nitrogen and oxygen atoms in total. The molecule has 0 saturated heterocycles. The van der Waals surface area contributed by atoms with E-state index in [2.05, 4.69) is 5.10 Å². The Labute approximate surface area is 128 Å². The fraction of sp³-hybridized carbons (Fsp3) is 0.312. The third-order valence-electron chi connectivity index (χ3n) is 3.96. The fourth-order valence-electron chi connectivity index (χ4n) is 2.90. The summed E-state index contributed by atoms with van der Waals surface area (Å²) < 4.78 is 1.65. The predicted octanol–water partition coefficient (Wildman–Crippen LogP) is 1.71. The minimum atomic E-state index is -0.908. The van der Waals surface area contributed by atoms with E-state index in [-0.39, 0.29) is 19.0 Å². The van der Waals surface area contributed by atoms with Gasteiger partial charge in [0.15, 0.2) is 0 Å². The summed E-state index contributed by atoms with van der Waals surface area (Å²) in [4.78, 5) is 25.5. The number of amides is 1. The van der Waals surface area contributed by atoms with Crippen LogP contribution in [-0.4, -0.2) is 33.3 Å². The average Bonchev–Trinajstić information content (AvgIpc) is 2.99. The molecule has 1 N–H and O–H groups in total. The number of carbonyl (C=O) groups excluding carboxylic acids is 1. The van der Waals surface area contributed by atoms with Gasteiger partial charge in [0.25, 0.3) is 0 Å². The van der Waals surface area contributed by atoms with Crippen molar-refractivity contribution in [3.05, 3.63) is 47.3 Å². The molecule has 2 aromatic rings. The molecule has 0 aliphatic carbocycles. The van der Waals surface area contributed by atoms with Gasteiger partial charge < -0.3 is 10.0 Å². The van der Waals surface area contributed by atoms with Gasteiger partial charge in [0.1, 0.15) is 12.5 Å². The lowest BCUT2D eigenvalue weighted by Crippen LogP contribution is -2.34. The van der Waals surface area contributed by atoms with Crippen LogP contribution in [0.5, 0.6) is 0 Å². The van der Waals surface area contributed by atoms with Gasteiger partial charge in [-0.05, 0) is 31.5 Å². The first kappa shape index (κ1) is 14.3. The molecule has 0 spiro atoms. The molecule has 0 bridgehead atoms. The van der Waals surface area contributed by atoms with Crippen LogP contribution >= 0.6 is 0 Å².